The molecule has 0 radical (unpaired) electrons. The van der Waals surface area contributed by atoms with Gasteiger partial charge in [-0.25, -0.2) is 4.79 Å². The SMILES string of the molecule is Cc1c(C)n2c3c(=O)[nH]c(=O)n(C)c3nc2n1-c1cc(Cl)ccc1O. The lowest BCUT2D eigenvalue weighted by Crippen LogP contribution is -2.28. The van der Waals surface area contributed by atoms with Crippen LogP contribution < -0.4 is 11.2 Å². The van der Waals surface area contributed by atoms with Crippen molar-refractivity contribution < 1.29 is 5.11 Å². The number of imidazole rings is 2. The van der Waals surface area contributed by atoms with E-state index in [0.29, 0.717) is 16.5 Å². The molecule has 0 bridgehead atoms. The van der Waals surface area contributed by atoms with Gasteiger partial charge in [0.2, 0.25) is 5.78 Å². The summed E-state index contributed by atoms with van der Waals surface area (Å²) >= 11 is 6.07. The highest BCUT2D eigenvalue weighted by Gasteiger charge is 2.22. The first-order valence-corrected chi connectivity index (χ1v) is 7.87. The maximum Gasteiger partial charge on any atom is 0.329 e. The number of benzene rings is 1. The van der Waals surface area contributed by atoms with Crippen LogP contribution in [0.15, 0.2) is 27.8 Å². The first-order chi connectivity index (χ1) is 11.8. The zero-order chi connectivity index (χ0) is 18.0. The Morgan fingerprint density at radius 3 is 2.64 bits per heavy atom. The molecule has 2 N–H and O–H groups in total. The van der Waals surface area contributed by atoms with Gasteiger partial charge in [0.1, 0.15) is 5.75 Å². The van der Waals surface area contributed by atoms with Gasteiger partial charge in [0, 0.05) is 23.5 Å². The van der Waals surface area contributed by atoms with Crippen LogP contribution in [0, 0.1) is 13.8 Å². The van der Waals surface area contributed by atoms with Gasteiger partial charge in [-0.3, -0.25) is 23.3 Å². The number of fused-ring (bicyclic) bond motifs is 3. The molecule has 0 saturated heterocycles. The molecular weight excluding hydrogens is 346 g/mol. The summed E-state index contributed by atoms with van der Waals surface area (Å²) < 4.78 is 4.66. The van der Waals surface area contributed by atoms with Crippen LogP contribution >= 0.6 is 11.6 Å². The molecule has 0 aliphatic carbocycles. The van der Waals surface area contributed by atoms with Crippen LogP contribution in [-0.4, -0.2) is 28.6 Å². The summed E-state index contributed by atoms with van der Waals surface area (Å²) in [4.78, 5) is 31.0. The van der Waals surface area contributed by atoms with E-state index in [1.165, 1.54) is 17.7 Å². The molecule has 0 spiro atoms. The third kappa shape index (κ3) is 1.97. The number of aromatic hydroxyl groups is 1. The Hall–Kier alpha value is -3.00. The summed E-state index contributed by atoms with van der Waals surface area (Å²) in [5.41, 5.74) is 1.49. The average molecular weight is 360 g/mol. The van der Waals surface area contributed by atoms with Gasteiger partial charge in [0.15, 0.2) is 11.2 Å². The number of halogens is 1. The Morgan fingerprint density at radius 2 is 1.92 bits per heavy atom. The molecular formula is C16H14ClN5O3. The molecule has 9 heteroatoms. The topological polar surface area (TPSA) is 97.3 Å². The largest absolute Gasteiger partial charge is 0.506 e. The molecule has 3 heterocycles. The second-order valence-corrected chi connectivity index (χ2v) is 6.31. The highest BCUT2D eigenvalue weighted by molar-refractivity contribution is 6.30. The molecule has 0 saturated carbocycles. The summed E-state index contributed by atoms with van der Waals surface area (Å²) in [6.07, 6.45) is 0. The van der Waals surface area contributed by atoms with E-state index >= 15 is 0 Å². The van der Waals surface area contributed by atoms with E-state index < -0.39 is 11.2 Å². The highest BCUT2D eigenvalue weighted by atomic mass is 35.5. The van der Waals surface area contributed by atoms with Crippen LogP contribution in [0.3, 0.4) is 0 Å². The number of phenols is 1. The van der Waals surface area contributed by atoms with Gasteiger partial charge < -0.3 is 5.11 Å². The lowest BCUT2D eigenvalue weighted by Gasteiger charge is -2.09. The summed E-state index contributed by atoms with van der Waals surface area (Å²) in [6, 6.07) is 4.69. The van der Waals surface area contributed by atoms with E-state index in [-0.39, 0.29) is 16.9 Å². The first-order valence-electron chi connectivity index (χ1n) is 7.49. The van der Waals surface area contributed by atoms with Crippen molar-refractivity contribution in [2.24, 2.45) is 7.05 Å². The third-order valence-corrected chi connectivity index (χ3v) is 4.71. The fourth-order valence-corrected chi connectivity index (χ4v) is 3.24. The fraction of sp³-hybridized carbons (Fsp3) is 0.188. The van der Waals surface area contributed by atoms with E-state index in [1.807, 2.05) is 13.8 Å². The maximum absolute atomic E-state index is 12.3. The van der Waals surface area contributed by atoms with Gasteiger partial charge in [0.05, 0.1) is 5.69 Å². The van der Waals surface area contributed by atoms with E-state index in [4.69, 9.17) is 11.6 Å². The summed E-state index contributed by atoms with van der Waals surface area (Å²) in [5.74, 6) is 0.439. The molecule has 0 aliphatic rings. The van der Waals surface area contributed by atoms with Crippen molar-refractivity contribution in [1.29, 1.82) is 0 Å². The second kappa shape index (κ2) is 5.00. The van der Waals surface area contributed by atoms with E-state index in [2.05, 4.69) is 9.97 Å². The second-order valence-electron chi connectivity index (χ2n) is 5.88. The number of nitrogens with one attached hydrogen (secondary N) is 1. The van der Waals surface area contributed by atoms with Crippen LogP contribution in [0.4, 0.5) is 0 Å². The Labute approximate surface area is 145 Å². The van der Waals surface area contributed by atoms with E-state index in [1.54, 1.807) is 21.1 Å². The normalized spacial score (nSPS) is 11.7. The van der Waals surface area contributed by atoms with E-state index in [0.717, 1.165) is 11.4 Å². The van der Waals surface area contributed by atoms with Crippen molar-refractivity contribution in [3.63, 3.8) is 0 Å². The van der Waals surface area contributed by atoms with Crippen molar-refractivity contribution in [3.05, 3.63) is 55.4 Å². The predicted molar refractivity (Wildman–Crippen MR) is 94.0 cm³/mol. The van der Waals surface area contributed by atoms with Crippen molar-refractivity contribution in [1.82, 2.24) is 23.5 Å². The van der Waals surface area contributed by atoms with Crippen molar-refractivity contribution in [2.75, 3.05) is 0 Å². The Morgan fingerprint density at radius 1 is 1.20 bits per heavy atom. The molecule has 8 nitrogen and oxygen atoms in total. The van der Waals surface area contributed by atoms with Crippen molar-refractivity contribution in [2.45, 2.75) is 13.8 Å². The summed E-state index contributed by atoms with van der Waals surface area (Å²) in [7, 11) is 1.54. The van der Waals surface area contributed by atoms with Gasteiger partial charge in [0.25, 0.3) is 5.56 Å². The Kier molecular flexibility index (Phi) is 3.10. The highest BCUT2D eigenvalue weighted by Crippen LogP contribution is 2.31. The lowest BCUT2D eigenvalue weighted by atomic mass is 10.2. The van der Waals surface area contributed by atoms with Gasteiger partial charge >= 0.3 is 5.69 Å². The maximum atomic E-state index is 12.3. The van der Waals surface area contributed by atoms with Crippen molar-refractivity contribution >= 4 is 28.5 Å². The van der Waals surface area contributed by atoms with Crippen molar-refractivity contribution in [3.8, 4) is 11.4 Å². The average Bonchev–Trinajstić information content (AvgIpc) is 3.05. The molecule has 0 atom stereocenters. The van der Waals surface area contributed by atoms with E-state index in [9.17, 15) is 14.7 Å². The number of nitrogens with zero attached hydrogens (tertiary/aromatic N) is 4. The molecule has 0 fully saturated rings. The minimum atomic E-state index is -0.537. The molecule has 4 aromatic rings. The quantitative estimate of drug-likeness (QED) is 0.540. The molecule has 128 valence electrons. The number of aromatic nitrogens is 5. The number of H-pyrrole nitrogens is 1. The summed E-state index contributed by atoms with van der Waals surface area (Å²) in [6.45, 7) is 3.69. The van der Waals surface area contributed by atoms with Gasteiger partial charge in [-0.2, -0.15) is 4.98 Å². The van der Waals surface area contributed by atoms with Crippen LogP contribution in [0.1, 0.15) is 11.4 Å². The number of hydrogen-bond donors (Lipinski definition) is 2. The van der Waals surface area contributed by atoms with Crippen LogP contribution in [0.25, 0.3) is 22.6 Å². The molecule has 0 aliphatic heterocycles. The monoisotopic (exact) mass is 359 g/mol. The number of phenolic OH excluding ortho intramolecular Hbond substituents is 1. The van der Waals surface area contributed by atoms with Crippen LogP contribution in [0.2, 0.25) is 5.02 Å². The first kappa shape index (κ1) is 15.5. The third-order valence-electron chi connectivity index (χ3n) is 4.47. The standard InChI is InChI=1S/C16H14ClN5O3/c1-7-8(2)22-12-13(20(3)16(25)19-14(12)24)18-15(22)21(7)10-6-9(17)4-5-11(10)23/h4-6,23H,1-3H3,(H,19,24,25). The Bertz CT molecular complexity index is 1290. The lowest BCUT2D eigenvalue weighted by molar-refractivity contribution is 0.472. The molecule has 1 aromatic carbocycles. The molecule has 25 heavy (non-hydrogen) atoms. The molecule has 0 amide bonds. The molecule has 4 rings (SSSR count). The van der Waals surface area contributed by atoms with Gasteiger partial charge in [-0.05, 0) is 32.0 Å². The van der Waals surface area contributed by atoms with Gasteiger partial charge in [-0.15, -0.1) is 0 Å². The predicted octanol–water partition coefficient (Wildman–Crippen LogP) is 1.64. The Balaban J connectivity index is 2.26. The number of rotatable bonds is 1. The minimum absolute atomic E-state index is 0.0276. The van der Waals surface area contributed by atoms with Crippen LogP contribution in [0.5, 0.6) is 5.75 Å². The summed E-state index contributed by atoms with van der Waals surface area (Å²) in [5, 5.41) is 10.7. The smallest absolute Gasteiger partial charge is 0.329 e. The number of hydrogen-bond acceptors (Lipinski definition) is 4. The number of aromatic amines is 1. The van der Waals surface area contributed by atoms with Crippen LogP contribution in [-0.2, 0) is 7.05 Å². The minimum Gasteiger partial charge on any atom is -0.506 e. The number of aryl methyl sites for hydroxylation is 2. The molecule has 0 unspecified atom stereocenters. The zero-order valence-corrected chi connectivity index (χ0v) is 14.4. The fourth-order valence-electron chi connectivity index (χ4n) is 3.08. The zero-order valence-electron chi connectivity index (χ0n) is 13.7. The molecule has 3 aromatic heterocycles. The van der Waals surface area contributed by atoms with Gasteiger partial charge in [-0.1, -0.05) is 11.6 Å².